The number of nitrogens with zero attached hydrogens (tertiary/aromatic N) is 2. The Morgan fingerprint density at radius 3 is 2.58 bits per heavy atom. The standard InChI is InChI=1S/C15H18FN3/c1-4-9-17-15-13(16)11(3)18-14(19-15)12-8-6-5-7-10(12)2/h5-8H,4,9H2,1-3H3,(H,17,18,19). The van der Waals surface area contributed by atoms with Crippen LogP contribution in [0.5, 0.6) is 0 Å². The Morgan fingerprint density at radius 2 is 1.89 bits per heavy atom. The van der Waals surface area contributed by atoms with Crippen LogP contribution in [0.25, 0.3) is 11.4 Å². The molecule has 0 radical (unpaired) electrons. The van der Waals surface area contributed by atoms with Crippen molar-refractivity contribution in [1.29, 1.82) is 0 Å². The molecule has 100 valence electrons. The lowest BCUT2D eigenvalue weighted by Gasteiger charge is -2.10. The van der Waals surface area contributed by atoms with E-state index in [0.29, 0.717) is 18.1 Å². The number of aryl methyl sites for hydroxylation is 2. The molecule has 0 saturated carbocycles. The van der Waals surface area contributed by atoms with Gasteiger partial charge in [0, 0.05) is 12.1 Å². The van der Waals surface area contributed by atoms with Crippen LogP contribution in [-0.2, 0) is 0 Å². The van der Waals surface area contributed by atoms with Crippen molar-refractivity contribution in [3.8, 4) is 11.4 Å². The Kier molecular flexibility index (Phi) is 4.10. The lowest BCUT2D eigenvalue weighted by Crippen LogP contribution is -2.08. The average molecular weight is 259 g/mol. The van der Waals surface area contributed by atoms with Crippen molar-refractivity contribution in [1.82, 2.24) is 9.97 Å². The highest BCUT2D eigenvalue weighted by molar-refractivity contribution is 5.61. The molecule has 0 spiro atoms. The first-order valence-corrected chi connectivity index (χ1v) is 6.47. The van der Waals surface area contributed by atoms with Crippen LogP contribution in [0.4, 0.5) is 10.2 Å². The molecule has 0 aliphatic heterocycles. The van der Waals surface area contributed by atoms with Crippen LogP contribution in [0.1, 0.15) is 24.6 Å². The Bertz CT molecular complexity index is 582. The maximum absolute atomic E-state index is 13.9. The predicted octanol–water partition coefficient (Wildman–Crippen LogP) is 3.72. The molecule has 4 heteroatoms. The number of rotatable bonds is 4. The van der Waals surface area contributed by atoms with Gasteiger partial charge < -0.3 is 5.32 Å². The van der Waals surface area contributed by atoms with E-state index in [9.17, 15) is 4.39 Å². The topological polar surface area (TPSA) is 37.8 Å². The second kappa shape index (κ2) is 5.78. The highest BCUT2D eigenvalue weighted by atomic mass is 19.1. The summed E-state index contributed by atoms with van der Waals surface area (Å²) in [5.41, 5.74) is 2.38. The third-order valence-electron chi connectivity index (χ3n) is 2.95. The normalized spacial score (nSPS) is 10.5. The molecule has 0 saturated heterocycles. The fraction of sp³-hybridized carbons (Fsp3) is 0.333. The van der Waals surface area contributed by atoms with Crippen LogP contribution in [0.15, 0.2) is 24.3 Å². The van der Waals surface area contributed by atoms with Gasteiger partial charge in [0.05, 0.1) is 5.69 Å². The van der Waals surface area contributed by atoms with Crippen molar-refractivity contribution in [2.45, 2.75) is 27.2 Å². The van der Waals surface area contributed by atoms with Crippen molar-refractivity contribution in [2.75, 3.05) is 11.9 Å². The van der Waals surface area contributed by atoms with Gasteiger partial charge in [0.2, 0.25) is 0 Å². The van der Waals surface area contributed by atoms with Gasteiger partial charge in [-0.2, -0.15) is 0 Å². The lowest BCUT2D eigenvalue weighted by molar-refractivity contribution is 0.605. The highest BCUT2D eigenvalue weighted by Gasteiger charge is 2.13. The van der Waals surface area contributed by atoms with Crippen molar-refractivity contribution in [3.05, 3.63) is 41.3 Å². The Labute approximate surface area is 112 Å². The van der Waals surface area contributed by atoms with E-state index in [1.54, 1.807) is 6.92 Å². The third kappa shape index (κ3) is 2.89. The largest absolute Gasteiger partial charge is 0.368 e. The van der Waals surface area contributed by atoms with E-state index in [2.05, 4.69) is 15.3 Å². The van der Waals surface area contributed by atoms with E-state index in [0.717, 1.165) is 17.5 Å². The number of halogens is 1. The van der Waals surface area contributed by atoms with E-state index >= 15 is 0 Å². The zero-order valence-corrected chi connectivity index (χ0v) is 11.5. The quantitative estimate of drug-likeness (QED) is 0.909. The Hall–Kier alpha value is -1.97. The third-order valence-corrected chi connectivity index (χ3v) is 2.95. The number of hydrogen-bond donors (Lipinski definition) is 1. The zero-order chi connectivity index (χ0) is 13.8. The predicted molar refractivity (Wildman–Crippen MR) is 75.7 cm³/mol. The summed E-state index contributed by atoms with van der Waals surface area (Å²) >= 11 is 0. The molecule has 0 amide bonds. The van der Waals surface area contributed by atoms with Crippen LogP contribution >= 0.6 is 0 Å². The summed E-state index contributed by atoms with van der Waals surface area (Å²) < 4.78 is 13.9. The minimum atomic E-state index is -0.370. The molecular weight excluding hydrogens is 241 g/mol. The highest BCUT2D eigenvalue weighted by Crippen LogP contribution is 2.23. The molecule has 0 fully saturated rings. The first-order chi connectivity index (χ1) is 9.13. The summed E-state index contributed by atoms with van der Waals surface area (Å²) in [7, 11) is 0. The van der Waals surface area contributed by atoms with Crippen molar-refractivity contribution >= 4 is 5.82 Å². The summed E-state index contributed by atoms with van der Waals surface area (Å²) in [6.45, 7) is 6.38. The molecule has 3 nitrogen and oxygen atoms in total. The molecular formula is C15H18FN3. The monoisotopic (exact) mass is 259 g/mol. The molecule has 0 atom stereocenters. The second-order valence-electron chi connectivity index (χ2n) is 4.54. The molecule has 0 bridgehead atoms. The number of hydrogen-bond acceptors (Lipinski definition) is 3. The van der Waals surface area contributed by atoms with Crippen LogP contribution in [0.3, 0.4) is 0 Å². The molecule has 1 aromatic carbocycles. The Balaban J connectivity index is 2.47. The van der Waals surface area contributed by atoms with Gasteiger partial charge in [-0.05, 0) is 25.8 Å². The van der Waals surface area contributed by atoms with E-state index in [-0.39, 0.29) is 11.6 Å². The number of benzene rings is 1. The van der Waals surface area contributed by atoms with Crippen molar-refractivity contribution in [2.24, 2.45) is 0 Å². The number of anilines is 1. The zero-order valence-electron chi connectivity index (χ0n) is 11.5. The fourth-order valence-corrected chi connectivity index (χ4v) is 1.86. The van der Waals surface area contributed by atoms with Gasteiger partial charge >= 0.3 is 0 Å². The van der Waals surface area contributed by atoms with Gasteiger partial charge in [0.1, 0.15) is 0 Å². The van der Waals surface area contributed by atoms with E-state index in [1.165, 1.54) is 0 Å². The summed E-state index contributed by atoms with van der Waals surface area (Å²) in [4.78, 5) is 8.55. The van der Waals surface area contributed by atoms with Crippen molar-refractivity contribution in [3.63, 3.8) is 0 Å². The van der Waals surface area contributed by atoms with Gasteiger partial charge in [0.25, 0.3) is 0 Å². The lowest BCUT2D eigenvalue weighted by atomic mass is 10.1. The molecule has 2 aromatic rings. The minimum absolute atomic E-state index is 0.285. The van der Waals surface area contributed by atoms with Crippen LogP contribution in [0.2, 0.25) is 0 Å². The first kappa shape index (κ1) is 13.5. The SMILES string of the molecule is CCCNc1nc(-c2ccccc2C)nc(C)c1F. The van der Waals surface area contributed by atoms with Gasteiger partial charge in [-0.3, -0.25) is 0 Å². The fourth-order valence-electron chi connectivity index (χ4n) is 1.86. The summed E-state index contributed by atoms with van der Waals surface area (Å²) in [6, 6.07) is 7.84. The summed E-state index contributed by atoms with van der Waals surface area (Å²) in [6.07, 6.45) is 0.919. The van der Waals surface area contributed by atoms with Crippen molar-refractivity contribution < 1.29 is 4.39 Å². The number of nitrogens with one attached hydrogen (secondary N) is 1. The molecule has 1 aromatic heterocycles. The van der Waals surface area contributed by atoms with Gasteiger partial charge in [-0.15, -0.1) is 0 Å². The minimum Gasteiger partial charge on any atom is -0.368 e. The van der Waals surface area contributed by atoms with Gasteiger partial charge in [-0.25, -0.2) is 14.4 Å². The van der Waals surface area contributed by atoms with E-state index in [4.69, 9.17) is 0 Å². The smallest absolute Gasteiger partial charge is 0.186 e. The maximum atomic E-state index is 13.9. The van der Waals surface area contributed by atoms with Gasteiger partial charge in [-0.1, -0.05) is 31.2 Å². The Morgan fingerprint density at radius 1 is 1.16 bits per heavy atom. The maximum Gasteiger partial charge on any atom is 0.186 e. The molecule has 1 N–H and O–H groups in total. The molecule has 19 heavy (non-hydrogen) atoms. The van der Waals surface area contributed by atoms with Crippen LogP contribution in [0, 0.1) is 19.7 Å². The summed E-state index contributed by atoms with van der Waals surface area (Å²) in [5.74, 6) is 0.481. The first-order valence-electron chi connectivity index (χ1n) is 6.47. The second-order valence-corrected chi connectivity index (χ2v) is 4.54. The van der Waals surface area contributed by atoms with Crippen LogP contribution in [-0.4, -0.2) is 16.5 Å². The average Bonchev–Trinajstić information content (AvgIpc) is 2.41. The molecule has 0 unspecified atom stereocenters. The molecule has 2 rings (SSSR count). The molecule has 0 aliphatic rings. The molecule has 1 heterocycles. The van der Waals surface area contributed by atoms with Crippen LogP contribution < -0.4 is 5.32 Å². The van der Waals surface area contributed by atoms with E-state index in [1.807, 2.05) is 38.1 Å². The van der Waals surface area contributed by atoms with E-state index < -0.39 is 0 Å². The molecule has 0 aliphatic carbocycles. The summed E-state index contributed by atoms with van der Waals surface area (Å²) in [5, 5.41) is 3.01. The van der Waals surface area contributed by atoms with Gasteiger partial charge in [0.15, 0.2) is 17.5 Å². The number of aromatic nitrogens is 2.